The van der Waals surface area contributed by atoms with Gasteiger partial charge in [0.1, 0.15) is 0 Å². The van der Waals surface area contributed by atoms with Gasteiger partial charge in [0.15, 0.2) is 0 Å². The summed E-state index contributed by atoms with van der Waals surface area (Å²) in [6, 6.07) is 8.45. The summed E-state index contributed by atoms with van der Waals surface area (Å²) in [7, 11) is 0. The summed E-state index contributed by atoms with van der Waals surface area (Å²) in [5.74, 6) is 0. The molecule has 2 heteroatoms. The lowest BCUT2D eigenvalue weighted by Crippen LogP contribution is -2.42. The van der Waals surface area contributed by atoms with Crippen LogP contribution >= 0.6 is 0 Å². The van der Waals surface area contributed by atoms with Crippen molar-refractivity contribution in [2.45, 2.75) is 63.5 Å². The Hall–Kier alpha value is -1.02. The van der Waals surface area contributed by atoms with Crippen molar-refractivity contribution in [3.05, 3.63) is 29.3 Å². The predicted molar refractivity (Wildman–Crippen MR) is 84.3 cm³/mol. The smallest absolute Gasteiger partial charge is 0.0377 e. The molecule has 1 N–H and O–H groups in total. The van der Waals surface area contributed by atoms with Gasteiger partial charge in [-0.1, -0.05) is 12.1 Å². The minimum Gasteiger partial charge on any atom is -0.382 e. The van der Waals surface area contributed by atoms with E-state index in [1.807, 2.05) is 0 Å². The van der Waals surface area contributed by atoms with Crippen LogP contribution in [0.2, 0.25) is 0 Å². The van der Waals surface area contributed by atoms with E-state index < -0.39 is 0 Å². The largest absolute Gasteiger partial charge is 0.382 e. The van der Waals surface area contributed by atoms with Crippen molar-refractivity contribution in [2.24, 2.45) is 0 Å². The third kappa shape index (κ3) is 2.35. The zero-order chi connectivity index (χ0) is 13.4. The molecule has 3 aliphatic rings. The molecule has 2 saturated heterocycles. The van der Waals surface area contributed by atoms with Gasteiger partial charge in [0.2, 0.25) is 0 Å². The Morgan fingerprint density at radius 3 is 2.95 bits per heavy atom. The van der Waals surface area contributed by atoms with Crippen LogP contribution in [-0.2, 0) is 12.8 Å². The van der Waals surface area contributed by atoms with Crippen molar-refractivity contribution in [2.75, 3.05) is 18.4 Å². The summed E-state index contributed by atoms with van der Waals surface area (Å²) in [4.78, 5) is 2.71. The molecule has 4 rings (SSSR count). The molecule has 2 atom stereocenters. The monoisotopic (exact) mass is 270 g/mol. The lowest BCUT2D eigenvalue weighted by molar-refractivity contribution is 0.188. The number of aryl methyl sites for hydroxylation is 1. The molecular formula is C18H26N2. The molecule has 2 nitrogen and oxygen atoms in total. The Balaban J connectivity index is 1.49. The summed E-state index contributed by atoms with van der Waals surface area (Å²) in [6.45, 7) is 2.65. The van der Waals surface area contributed by atoms with Crippen molar-refractivity contribution in [1.82, 2.24) is 4.90 Å². The van der Waals surface area contributed by atoms with E-state index in [2.05, 4.69) is 28.4 Å². The van der Waals surface area contributed by atoms with Gasteiger partial charge >= 0.3 is 0 Å². The number of benzene rings is 1. The van der Waals surface area contributed by atoms with Gasteiger partial charge in [-0.05, 0) is 75.1 Å². The summed E-state index contributed by atoms with van der Waals surface area (Å²) in [5, 5.41) is 3.89. The first-order valence-electron chi connectivity index (χ1n) is 8.51. The standard InChI is InChI=1S/C18H26N2/c1-2-8-17-14(5-1)6-3-9-18(17)19-15-10-12-20-11-4-7-16(20)13-15/h3,6,9,15-16,19H,1-2,4-5,7-8,10-13H2. The maximum atomic E-state index is 3.89. The number of rotatable bonds is 2. The molecule has 2 fully saturated rings. The molecule has 0 spiro atoms. The number of nitrogens with one attached hydrogen (secondary N) is 1. The maximum absolute atomic E-state index is 3.89. The van der Waals surface area contributed by atoms with Crippen molar-refractivity contribution in [3.63, 3.8) is 0 Å². The Morgan fingerprint density at radius 2 is 1.95 bits per heavy atom. The highest BCUT2D eigenvalue weighted by Gasteiger charge is 2.31. The third-order valence-corrected chi connectivity index (χ3v) is 5.58. The number of piperidine rings is 1. The molecule has 2 aliphatic heterocycles. The number of fused-ring (bicyclic) bond motifs is 2. The zero-order valence-corrected chi connectivity index (χ0v) is 12.4. The van der Waals surface area contributed by atoms with E-state index in [0.29, 0.717) is 6.04 Å². The number of hydrogen-bond acceptors (Lipinski definition) is 2. The minimum absolute atomic E-state index is 0.697. The third-order valence-electron chi connectivity index (χ3n) is 5.58. The summed E-state index contributed by atoms with van der Waals surface area (Å²) < 4.78 is 0. The van der Waals surface area contributed by atoms with Crippen LogP contribution in [0.1, 0.15) is 49.7 Å². The normalized spacial score (nSPS) is 29.8. The van der Waals surface area contributed by atoms with Crippen molar-refractivity contribution in [1.29, 1.82) is 0 Å². The maximum Gasteiger partial charge on any atom is 0.0377 e. The van der Waals surface area contributed by atoms with Gasteiger partial charge in [-0.2, -0.15) is 0 Å². The van der Waals surface area contributed by atoms with Crippen molar-refractivity contribution < 1.29 is 0 Å². The van der Waals surface area contributed by atoms with Gasteiger partial charge < -0.3 is 10.2 Å². The Kier molecular flexibility index (Phi) is 3.43. The predicted octanol–water partition coefficient (Wildman–Crippen LogP) is 3.60. The lowest BCUT2D eigenvalue weighted by Gasteiger charge is -2.36. The van der Waals surface area contributed by atoms with Gasteiger partial charge in [-0.15, -0.1) is 0 Å². The first kappa shape index (κ1) is 12.7. The lowest BCUT2D eigenvalue weighted by atomic mass is 9.89. The highest BCUT2D eigenvalue weighted by Crippen LogP contribution is 2.32. The van der Waals surface area contributed by atoms with Gasteiger partial charge in [0.05, 0.1) is 0 Å². The molecule has 0 radical (unpaired) electrons. The molecule has 0 bridgehead atoms. The fourth-order valence-electron chi connectivity index (χ4n) is 4.49. The van der Waals surface area contributed by atoms with Crippen LogP contribution in [-0.4, -0.2) is 30.1 Å². The second kappa shape index (κ2) is 5.40. The summed E-state index contributed by atoms with van der Waals surface area (Å²) >= 11 is 0. The Bertz CT molecular complexity index is 482. The molecule has 0 saturated carbocycles. The van der Waals surface area contributed by atoms with E-state index in [9.17, 15) is 0 Å². The quantitative estimate of drug-likeness (QED) is 0.883. The molecule has 2 heterocycles. The number of nitrogens with zero attached hydrogens (tertiary/aromatic N) is 1. The first-order valence-corrected chi connectivity index (χ1v) is 8.51. The van der Waals surface area contributed by atoms with Crippen LogP contribution < -0.4 is 5.32 Å². The van der Waals surface area contributed by atoms with E-state index in [-0.39, 0.29) is 0 Å². The van der Waals surface area contributed by atoms with Crippen LogP contribution in [0.4, 0.5) is 5.69 Å². The van der Waals surface area contributed by atoms with Gasteiger partial charge in [0.25, 0.3) is 0 Å². The zero-order valence-electron chi connectivity index (χ0n) is 12.4. The van der Waals surface area contributed by atoms with Crippen LogP contribution in [0.25, 0.3) is 0 Å². The van der Waals surface area contributed by atoms with Gasteiger partial charge in [-0.3, -0.25) is 0 Å². The van der Waals surface area contributed by atoms with E-state index in [0.717, 1.165) is 6.04 Å². The average molecular weight is 270 g/mol. The number of anilines is 1. The van der Waals surface area contributed by atoms with Gasteiger partial charge in [-0.25, -0.2) is 0 Å². The minimum atomic E-state index is 0.697. The molecule has 1 aliphatic carbocycles. The molecule has 108 valence electrons. The first-order chi connectivity index (χ1) is 9.90. The highest BCUT2D eigenvalue weighted by molar-refractivity contribution is 5.56. The second-order valence-corrected chi connectivity index (χ2v) is 6.85. The fourth-order valence-corrected chi connectivity index (χ4v) is 4.49. The highest BCUT2D eigenvalue weighted by atomic mass is 15.2. The molecule has 1 aromatic carbocycles. The molecule has 0 amide bonds. The second-order valence-electron chi connectivity index (χ2n) is 6.85. The SMILES string of the molecule is c1cc2c(c(NC3CCN4CCCC4C3)c1)CCCC2. The van der Waals surface area contributed by atoms with Gasteiger partial charge in [0, 0.05) is 24.3 Å². The Morgan fingerprint density at radius 1 is 1.00 bits per heavy atom. The molecular weight excluding hydrogens is 244 g/mol. The van der Waals surface area contributed by atoms with E-state index in [1.165, 1.54) is 70.1 Å². The van der Waals surface area contributed by atoms with E-state index >= 15 is 0 Å². The van der Waals surface area contributed by atoms with Crippen LogP contribution in [0.15, 0.2) is 18.2 Å². The van der Waals surface area contributed by atoms with Crippen molar-refractivity contribution in [3.8, 4) is 0 Å². The summed E-state index contributed by atoms with van der Waals surface area (Å²) in [6.07, 6.45) is 10.8. The molecule has 1 aromatic rings. The fraction of sp³-hybridized carbons (Fsp3) is 0.667. The van der Waals surface area contributed by atoms with E-state index in [1.54, 1.807) is 11.1 Å². The van der Waals surface area contributed by atoms with Crippen molar-refractivity contribution >= 4 is 5.69 Å². The summed E-state index contributed by atoms with van der Waals surface area (Å²) in [5.41, 5.74) is 4.66. The van der Waals surface area contributed by atoms with Crippen LogP contribution in [0, 0.1) is 0 Å². The molecule has 0 aromatic heterocycles. The molecule has 20 heavy (non-hydrogen) atoms. The Labute approximate surface area is 122 Å². The van der Waals surface area contributed by atoms with Crippen LogP contribution in [0.3, 0.4) is 0 Å². The van der Waals surface area contributed by atoms with E-state index in [4.69, 9.17) is 0 Å². The average Bonchev–Trinajstić information content (AvgIpc) is 2.95. The topological polar surface area (TPSA) is 15.3 Å². The molecule has 2 unspecified atom stereocenters. The van der Waals surface area contributed by atoms with Crippen LogP contribution in [0.5, 0.6) is 0 Å². The number of hydrogen-bond donors (Lipinski definition) is 1.